The Labute approximate surface area is 191 Å². The van der Waals surface area contributed by atoms with Gasteiger partial charge >= 0.3 is 0 Å². The number of anilines is 1. The number of hydrogen-bond donors (Lipinski definition) is 3. The second kappa shape index (κ2) is 9.57. The summed E-state index contributed by atoms with van der Waals surface area (Å²) in [5, 5.41) is 10.8. The molecule has 31 heavy (non-hydrogen) atoms. The molecule has 0 aliphatic carbocycles. The van der Waals surface area contributed by atoms with Crippen LogP contribution in [0, 0.1) is 0 Å². The molecule has 0 radical (unpaired) electrons. The van der Waals surface area contributed by atoms with Gasteiger partial charge in [-0.1, -0.05) is 35.3 Å². The van der Waals surface area contributed by atoms with Crippen LogP contribution in [0.4, 0.5) is 5.69 Å². The minimum absolute atomic E-state index is 0.209. The van der Waals surface area contributed by atoms with Crippen molar-refractivity contribution in [3.05, 3.63) is 68.1 Å². The Kier molecular flexibility index (Phi) is 6.82. The second-order valence-electron chi connectivity index (χ2n) is 8.02. The molecule has 1 fully saturated rings. The molecule has 2 aliphatic heterocycles. The lowest BCUT2D eigenvalue weighted by molar-refractivity contribution is 0.0865. The standard InChI is InChI=1S/C23H26Cl2N4O2/c1-14(18-5-4-17(24)12-19(18)25)28-21-11-16(15-6-9-26-10-7-15)13-29(23(21)31)22(30)20-3-2-8-27-20/h4-6,11-14,20,26-28H,2-3,7-10H2,1H3/t14-,20-/m1/s1. The van der Waals surface area contributed by atoms with Crippen LogP contribution >= 0.6 is 23.2 Å². The first-order valence-electron chi connectivity index (χ1n) is 10.6. The zero-order valence-electron chi connectivity index (χ0n) is 17.4. The first-order valence-corrected chi connectivity index (χ1v) is 11.4. The van der Waals surface area contributed by atoms with Crippen LogP contribution < -0.4 is 21.5 Å². The lowest BCUT2D eigenvalue weighted by atomic mass is 10.0. The maximum absolute atomic E-state index is 13.3. The van der Waals surface area contributed by atoms with E-state index in [1.807, 2.05) is 19.1 Å². The molecular formula is C23H26Cl2N4O2. The van der Waals surface area contributed by atoms with Crippen molar-refractivity contribution in [3.63, 3.8) is 0 Å². The SMILES string of the molecule is C[C@@H](Nc1cc(C2=CCNCC2)cn(C(=O)[C@H]2CCCN2)c1=O)c1ccc(Cl)cc1Cl. The molecule has 1 saturated heterocycles. The van der Waals surface area contributed by atoms with E-state index in [1.54, 1.807) is 18.3 Å². The average molecular weight is 461 g/mol. The molecule has 164 valence electrons. The normalized spacial score (nSPS) is 19.7. The molecule has 2 aromatic rings. The maximum atomic E-state index is 13.3. The van der Waals surface area contributed by atoms with Gasteiger partial charge in [-0.2, -0.15) is 0 Å². The molecule has 4 rings (SSSR count). The summed E-state index contributed by atoms with van der Waals surface area (Å²) < 4.78 is 1.26. The third-order valence-corrected chi connectivity index (χ3v) is 6.41. The molecule has 2 aliphatic rings. The summed E-state index contributed by atoms with van der Waals surface area (Å²) in [4.78, 5) is 26.4. The van der Waals surface area contributed by atoms with Crippen molar-refractivity contribution in [1.29, 1.82) is 0 Å². The number of halogens is 2. The fraction of sp³-hybridized carbons (Fsp3) is 0.391. The molecule has 6 nitrogen and oxygen atoms in total. The number of rotatable bonds is 5. The van der Waals surface area contributed by atoms with Gasteiger partial charge in [0.05, 0.1) is 12.1 Å². The van der Waals surface area contributed by atoms with Crippen LogP contribution in [0.15, 0.2) is 41.3 Å². The highest BCUT2D eigenvalue weighted by atomic mass is 35.5. The molecule has 2 atom stereocenters. The van der Waals surface area contributed by atoms with E-state index in [-0.39, 0.29) is 23.6 Å². The number of carbonyl (C=O) groups excluding carboxylic acids is 1. The fourth-order valence-corrected chi connectivity index (χ4v) is 4.71. The Morgan fingerprint density at radius 2 is 2.10 bits per heavy atom. The van der Waals surface area contributed by atoms with Crippen molar-refractivity contribution in [2.75, 3.05) is 25.0 Å². The van der Waals surface area contributed by atoms with Crippen molar-refractivity contribution in [3.8, 4) is 0 Å². The number of aromatic nitrogens is 1. The largest absolute Gasteiger partial charge is 0.374 e. The number of pyridine rings is 1. The van der Waals surface area contributed by atoms with Gasteiger partial charge in [0.1, 0.15) is 5.69 Å². The van der Waals surface area contributed by atoms with E-state index >= 15 is 0 Å². The molecule has 0 saturated carbocycles. The number of nitrogens with zero attached hydrogens (tertiary/aromatic N) is 1. The quantitative estimate of drug-likeness (QED) is 0.626. The molecular weight excluding hydrogens is 435 g/mol. The van der Waals surface area contributed by atoms with E-state index in [1.165, 1.54) is 4.57 Å². The Balaban J connectivity index is 1.73. The number of nitrogens with one attached hydrogen (secondary N) is 3. The molecule has 8 heteroatoms. The van der Waals surface area contributed by atoms with E-state index in [0.717, 1.165) is 55.6 Å². The first-order chi connectivity index (χ1) is 14.9. The summed E-state index contributed by atoms with van der Waals surface area (Å²) in [6, 6.07) is 6.55. The monoisotopic (exact) mass is 460 g/mol. The third-order valence-electron chi connectivity index (χ3n) is 5.85. The van der Waals surface area contributed by atoms with Crippen LogP contribution in [0.25, 0.3) is 5.57 Å². The highest BCUT2D eigenvalue weighted by Crippen LogP contribution is 2.29. The van der Waals surface area contributed by atoms with Gasteiger partial charge in [-0.3, -0.25) is 14.2 Å². The summed E-state index contributed by atoms with van der Waals surface area (Å²) >= 11 is 12.4. The summed E-state index contributed by atoms with van der Waals surface area (Å²) in [6.45, 7) is 4.35. The Bertz CT molecular complexity index is 1070. The molecule has 1 aromatic carbocycles. The molecule has 0 bridgehead atoms. The van der Waals surface area contributed by atoms with Crippen LogP contribution in [-0.4, -0.2) is 36.2 Å². The first kappa shape index (κ1) is 22.1. The molecule has 0 unspecified atom stereocenters. The lowest BCUT2D eigenvalue weighted by Crippen LogP contribution is -2.40. The fourth-order valence-electron chi connectivity index (χ4n) is 4.14. The van der Waals surface area contributed by atoms with Gasteiger partial charge in [0.15, 0.2) is 0 Å². The third kappa shape index (κ3) is 4.88. The molecule has 3 heterocycles. The highest BCUT2D eigenvalue weighted by molar-refractivity contribution is 6.35. The van der Waals surface area contributed by atoms with Gasteiger partial charge in [0.2, 0.25) is 0 Å². The van der Waals surface area contributed by atoms with Gasteiger partial charge in [-0.05, 0) is 74.2 Å². The van der Waals surface area contributed by atoms with E-state index < -0.39 is 0 Å². The predicted octanol–water partition coefficient (Wildman–Crippen LogP) is 4.10. The highest BCUT2D eigenvalue weighted by Gasteiger charge is 2.26. The van der Waals surface area contributed by atoms with Crippen molar-refractivity contribution < 1.29 is 4.79 Å². The van der Waals surface area contributed by atoms with E-state index in [9.17, 15) is 9.59 Å². The zero-order chi connectivity index (χ0) is 22.0. The van der Waals surface area contributed by atoms with Crippen molar-refractivity contribution in [2.45, 2.75) is 38.3 Å². The van der Waals surface area contributed by atoms with E-state index in [4.69, 9.17) is 23.2 Å². The van der Waals surface area contributed by atoms with Crippen LogP contribution in [0.5, 0.6) is 0 Å². The van der Waals surface area contributed by atoms with Gasteiger partial charge in [-0.15, -0.1) is 0 Å². The van der Waals surface area contributed by atoms with Gasteiger partial charge in [-0.25, -0.2) is 0 Å². The maximum Gasteiger partial charge on any atom is 0.280 e. The average Bonchev–Trinajstić information content (AvgIpc) is 3.30. The Morgan fingerprint density at radius 1 is 1.26 bits per heavy atom. The van der Waals surface area contributed by atoms with Crippen molar-refractivity contribution in [2.24, 2.45) is 0 Å². The van der Waals surface area contributed by atoms with Gasteiger partial charge < -0.3 is 16.0 Å². The van der Waals surface area contributed by atoms with E-state index in [0.29, 0.717) is 15.7 Å². The molecule has 0 amide bonds. The second-order valence-corrected chi connectivity index (χ2v) is 8.86. The van der Waals surface area contributed by atoms with Crippen LogP contribution in [-0.2, 0) is 0 Å². The van der Waals surface area contributed by atoms with Crippen molar-refractivity contribution in [1.82, 2.24) is 15.2 Å². The summed E-state index contributed by atoms with van der Waals surface area (Å²) in [6.07, 6.45) is 6.30. The van der Waals surface area contributed by atoms with Crippen molar-refractivity contribution >= 4 is 40.4 Å². The summed E-state index contributed by atoms with van der Waals surface area (Å²) in [5.41, 5.74) is 2.85. The Hall–Kier alpha value is -2.12. The van der Waals surface area contributed by atoms with Gasteiger partial charge in [0.25, 0.3) is 11.5 Å². The zero-order valence-corrected chi connectivity index (χ0v) is 18.9. The minimum atomic E-state index is -0.353. The number of benzene rings is 1. The Morgan fingerprint density at radius 3 is 2.77 bits per heavy atom. The minimum Gasteiger partial charge on any atom is -0.374 e. The van der Waals surface area contributed by atoms with Gasteiger partial charge in [0, 0.05) is 22.8 Å². The molecule has 1 aromatic heterocycles. The van der Waals surface area contributed by atoms with Crippen LogP contribution in [0.2, 0.25) is 10.0 Å². The molecule has 0 spiro atoms. The lowest BCUT2D eigenvalue weighted by Gasteiger charge is -2.21. The number of carbonyl (C=O) groups is 1. The predicted molar refractivity (Wildman–Crippen MR) is 126 cm³/mol. The summed E-state index contributed by atoms with van der Waals surface area (Å²) in [5.74, 6) is -0.209. The van der Waals surface area contributed by atoms with Crippen LogP contribution in [0.1, 0.15) is 48.1 Å². The van der Waals surface area contributed by atoms with E-state index in [2.05, 4.69) is 22.0 Å². The molecule has 3 N–H and O–H groups in total. The smallest absolute Gasteiger partial charge is 0.280 e. The summed E-state index contributed by atoms with van der Waals surface area (Å²) in [7, 11) is 0. The van der Waals surface area contributed by atoms with Crippen LogP contribution in [0.3, 0.4) is 0 Å². The topological polar surface area (TPSA) is 75.2 Å². The number of hydrogen-bond acceptors (Lipinski definition) is 5.